The highest BCUT2D eigenvalue weighted by Crippen LogP contribution is 2.29. The number of nitrogens with zero attached hydrogens (tertiary/aromatic N) is 1. The van der Waals surface area contributed by atoms with Crippen molar-refractivity contribution in [3.05, 3.63) is 58.7 Å². The van der Waals surface area contributed by atoms with E-state index in [1.54, 1.807) is 13.0 Å². The molecule has 0 N–H and O–H groups in total. The third-order valence-corrected chi connectivity index (χ3v) is 4.54. The lowest BCUT2D eigenvalue weighted by atomic mass is 10.1. The first-order chi connectivity index (χ1) is 9.85. The van der Waals surface area contributed by atoms with Crippen LogP contribution in [0.4, 0.5) is 0 Å². The number of benzene rings is 2. The van der Waals surface area contributed by atoms with Gasteiger partial charge in [-0.2, -0.15) is 13.7 Å². The van der Waals surface area contributed by atoms with E-state index in [1.165, 1.54) is 18.2 Å². The van der Waals surface area contributed by atoms with Crippen LogP contribution in [0.3, 0.4) is 0 Å². The SMILES string of the molecule is Cc1ccc(C)c(OS(=O)(=O)c2cccc(C#N)c2)c1C. The fourth-order valence-electron chi connectivity index (χ4n) is 1.93. The third-order valence-electron chi connectivity index (χ3n) is 3.32. The molecule has 0 heterocycles. The number of aryl methyl sites for hydroxylation is 2. The van der Waals surface area contributed by atoms with Crippen molar-refractivity contribution >= 4 is 10.1 Å². The minimum absolute atomic E-state index is 0.0261. The smallest absolute Gasteiger partial charge is 0.339 e. The third kappa shape index (κ3) is 3.06. The highest BCUT2D eigenvalue weighted by atomic mass is 32.2. The van der Waals surface area contributed by atoms with Crippen LogP contribution in [0.25, 0.3) is 0 Å². The van der Waals surface area contributed by atoms with Gasteiger partial charge < -0.3 is 4.18 Å². The van der Waals surface area contributed by atoms with Crippen LogP contribution < -0.4 is 4.18 Å². The Bertz CT molecular complexity index is 833. The van der Waals surface area contributed by atoms with E-state index in [9.17, 15) is 8.42 Å². The average molecular weight is 301 g/mol. The van der Waals surface area contributed by atoms with Crippen LogP contribution in [0.5, 0.6) is 5.75 Å². The molecule has 0 bridgehead atoms. The van der Waals surface area contributed by atoms with Gasteiger partial charge in [0, 0.05) is 0 Å². The second-order valence-electron chi connectivity index (χ2n) is 4.83. The molecule has 0 spiro atoms. The first kappa shape index (κ1) is 15.1. The normalized spacial score (nSPS) is 11.0. The van der Waals surface area contributed by atoms with Crippen molar-refractivity contribution in [2.75, 3.05) is 0 Å². The molecule has 108 valence electrons. The van der Waals surface area contributed by atoms with Gasteiger partial charge in [-0.1, -0.05) is 18.2 Å². The summed E-state index contributed by atoms with van der Waals surface area (Å²) in [7, 11) is -3.96. The van der Waals surface area contributed by atoms with Crippen molar-refractivity contribution in [3.63, 3.8) is 0 Å². The second kappa shape index (κ2) is 5.58. The number of rotatable bonds is 3. The van der Waals surface area contributed by atoms with Gasteiger partial charge >= 0.3 is 10.1 Å². The molecule has 0 amide bonds. The minimum Gasteiger partial charge on any atom is -0.378 e. The highest BCUT2D eigenvalue weighted by molar-refractivity contribution is 7.87. The zero-order chi connectivity index (χ0) is 15.6. The topological polar surface area (TPSA) is 67.2 Å². The lowest BCUT2D eigenvalue weighted by Gasteiger charge is -2.13. The van der Waals surface area contributed by atoms with E-state index in [0.717, 1.165) is 16.7 Å². The summed E-state index contributed by atoms with van der Waals surface area (Å²) in [6, 6.07) is 11.4. The van der Waals surface area contributed by atoms with E-state index in [-0.39, 0.29) is 10.5 Å². The molecule has 0 aromatic heterocycles. The Labute approximate surface area is 124 Å². The lowest BCUT2D eigenvalue weighted by Crippen LogP contribution is -2.12. The van der Waals surface area contributed by atoms with Gasteiger partial charge in [0.05, 0.1) is 11.6 Å². The molecule has 0 fully saturated rings. The molecule has 2 rings (SSSR count). The van der Waals surface area contributed by atoms with Crippen LogP contribution in [0.15, 0.2) is 41.3 Å². The van der Waals surface area contributed by atoms with Crippen molar-refractivity contribution in [1.29, 1.82) is 5.26 Å². The summed E-state index contributed by atoms with van der Waals surface area (Å²) in [6.07, 6.45) is 0. The fraction of sp³-hybridized carbons (Fsp3) is 0.188. The van der Waals surface area contributed by atoms with Gasteiger partial charge in [-0.3, -0.25) is 0 Å². The van der Waals surface area contributed by atoms with Gasteiger partial charge in [0.25, 0.3) is 0 Å². The standard InChI is InChI=1S/C16H15NO3S/c1-11-7-8-12(2)16(13(11)3)20-21(18,19)15-6-4-5-14(9-15)10-17/h4-9H,1-3H3. The van der Waals surface area contributed by atoms with Crippen molar-refractivity contribution < 1.29 is 12.6 Å². The van der Waals surface area contributed by atoms with E-state index in [0.29, 0.717) is 5.75 Å². The molecule has 0 aliphatic heterocycles. The van der Waals surface area contributed by atoms with Crippen molar-refractivity contribution in [3.8, 4) is 11.8 Å². The van der Waals surface area contributed by atoms with Gasteiger partial charge in [0.1, 0.15) is 10.6 Å². The van der Waals surface area contributed by atoms with Crippen LogP contribution in [-0.2, 0) is 10.1 Å². The first-order valence-corrected chi connectivity index (χ1v) is 7.77. The number of nitriles is 1. The Morgan fingerprint density at radius 2 is 1.71 bits per heavy atom. The summed E-state index contributed by atoms with van der Waals surface area (Å²) < 4.78 is 30.0. The Morgan fingerprint density at radius 3 is 2.38 bits per heavy atom. The monoisotopic (exact) mass is 301 g/mol. The van der Waals surface area contributed by atoms with Crippen LogP contribution in [0.2, 0.25) is 0 Å². The molecule has 2 aromatic carbocycles. The maximum atomic E-state index is 12.4. The predicted octanol–water partition coefficient (Wildman–Crippen LogP) is 3.25. The Hall–Kier alpha value is -2.32. The van der Waals surface area contributed by atoms with Crippen molar-refractivity contribution in [1.82, 2.24) is 0 Å². The van der Waals surface area contributed by atoms with Crippen LogP contribution in [0, 0.1) is 32.1 Å². The fourth-order valence-corrected chi connectivity index (χ4v) is 3.02. The van der Waals surface area contributed by atoms with Gasteiger partial charge in [0.15, 0.2) is 0 Å². The van der Waals surface area contributed by atoms with E-state index in [2.05, 4.69) is 0 Å². The summed E-state index contributed by atoms with van der Waals surface area (Å²) in [6.45, 7) is 5.51. The zero-order valence-electron chi connectivity index (χ0n) is 12.0. The first-order valence-electron chi connectivity index (χ1n) is 6.36. The van der Waals surface area contributed by atoms with E-state index >= 15 is 0 Å². The number of hydrogen-bond donors (Lipinski definition) is 0. The summed E-state index contributed by atoms with van der Waals surface area (Å²) in [5.74, 6) is 0.345. The van der Waals surface area contributed by atoms with E-state index < -0.39 is 10.1 Å². The summed E-state index contributed by atoms with van der Waals surface area (Å²) >= 11 is 0. The second-order valence-corrected chi connectivity index (χ2v) is 6.38. The number of hydrogen-bond acceptors (Lipinski definition) is 4. The van der Waals surface area contributed by atoms with Crippen LogP contribution in [-0.4, -0.2) is 8.42 Å². The largest absolute Gasteiger partial charge is 0.378 e. The molecular formula is C16H15NO3S. The van der Waals surface area contributed by atoms with Gasteiger partial charge in [-0.05, 0) is 55.7 Å². The van der Waals surface area contributed by atoms with Gasteiger partial charge in [-0.25, -0.2) is 0 Å². The average Bonchev–Trinajstić information content (AvgIpc) is 2.48. The molecule has 0 radical (unpaired) electrons. The van der Waals surface area contributed by atoms with Crippen LogP contribution in [0.1, 0.15) is 22.3 Å². The molecule has 0 unspecified atom stereocenters. The summed E-state index contributed by atoms with van der Waals surface area (Å²) in [5.41, 5.74) is 2.77. The molecule has 0 saturated carbocycles. The van der Waals surface area contributed by atoms with Crippen molar-refractivity contribution in [2.24, 2.45) is 0 Å². The van der Waals surface area contributed by atoms with E-state index in [4.69, 9.17) is 9.44 Å². The Balaban J connectivity index is 2.48. The maximum absolute atomic E-state index is 12.4. The van der Waals surface area contributed by atoms with Gasteiger partial charge in [-0.15, -0.1) is 0 Å². The molecule has 0 aliphatic rings. The molecule has 21 heavy (non-hydrogen) atoms. The molecule has 0 saturated heterocycles. The van der Waals surface area contributed by atoms with Crippen LogP contribution >= 0.6 is 0 Å². The molecular weight excluding hydrogens is 286 g/mol. The molecule has 0 aliphatic carbocycles. The predicted molar refractivity (Wildman–Crippen MR) is 79.6 cm³/mol. The molecule has 4 nitrogen and oxygen atoms in total. The zero-order valence-corrected chi connectivity index (χ0v) is 12.9. The Kier molecular flexibility index (Phi) is 4.01. The summed E-state index contributed by atoms with van der Waals surface area (Å²) in [5, 5.41) is 8.86. The van der Waals surface area contributed by atoms with Gasteiger partial charge in [0.2, 0.25) is 0 Å². The molecule has 2 aromatic rings. The summed E-state index contributed by atoms with van der Waals surface area (Å²) in [4.78, 5) is -0.0261. The molecule has 5 heteroatoms. The minimum atomic E-state index is -3.96. The lowest BCUT2D eigenvalue weighted by molar-refractivity contribution is 0.482. The quantitative estimate of drug-likeness (QED) is 0.816. The van der Waals surface area contributed by atoms with Crippen molar-refractivity contribution in [2.45, 2.75) is 25.7 Å². The highest BCUT2D eigenvalue weighted by Gasteiger charge is 2.20. The van der Waals surface area contributed by atoms with E-state index in [1.807, 2.05) is 32.0 Å². The maximum Gasteiger partial charge on any atom is 0.339 e. The Morgan fingerprint density at radius 1 is 1.05 bits per heavy atom. The molecule has 0 atom stereocenters.